The van der Waals surface area contributed by atoms with Crippen molar-refractivity contribution in [1.29, 1.82) is 0 Å². The second kappa shape index (κ2) is 6.68. The number of ketones is 1. The zero-order valence-corrected chi connectivity index (χ0v) is 11.4. The molecule has 1 aromatic rings. The Morgan fingerprint density at radius 2 is 1.83 bits per heavy atom. The lowest BCUT2D eigenvalue weighted by atomic mass is 10.1. The minimum atomic E-state index is -4.42. The molecule has 1 rings (SSSR count). The molecule has 1 nitrogen and oxygen atoms in total. The van der Waals surface area contributed by atoms with Crippen molar-refractivity contribution in [2.75, 3.05) is 5.88 Å². The molecule has 0 heterocycles. The Kier molecular flexibility index (Phi) is 5.82. The summed E-state index contributed by atoms with van der Waals surface area (Å²) in [6.45, 7) is 0. The quantitative estimate of drug-likeness (QED) is 0.592. The summed E-state index contributed by atoms with van der Waals surface area (Å²) in [4.78, 5) is 11.2. The van der Waals surface area contributed by atoms with Crippen LogP contribution in [-0.2, 0) is 17.1 Å². The van der Waals surface area contributed by atoms with Gasteiger partial charge in [0, 0.05) is 17.2 Å². The van der Waals surface area contributed by atoms with E-state index in [-0.39, 0.29) is 40.6 Å². The molecule has 0 fully saturated rings. The zero-order valence-electron chi connectivity index (χ0n) is 9.06. The van der Waals surface area contributed by atoms with Gasteiger partial charge >= 0.3 is 5.51 Å². The lowest BCUT2D eigenvalue weighted by Crippen LogP contribution is -2.08. The molecule has 0 atom stereocenters. The third-order valence-corrected chi connectivity index (χ3v) is 3.62. The summed E-state index contributed by atoms with van der Waals surface area (Å²) < 4.78 is 37.4. The minimum Gasteiger partial charge on any atom is -0.298 e. The first-order valence-electron chi connectivity index (χ1n) is 4.87. The molecule has 0 N–H and O–H groups in total. The number of hydrogen-bond acceptors (Lipinski definition) is 2. The SMILES string of the molecule is O=C(CCl)Cc1cccc(CCl)c1SC(F)(F)F. The number of rotatable bonds is 5. The highest BCUT2D eigenvalue weighted by Gasteiger charge is 2.31. The van der Waals surface area contributed by atoms with Crippen LogP contribution in [-0.4, -0.2) is 17.2 Å². The van der Waals surface area contributed by atoms with Crippen LogP contribution in [0.15, 0.2) is 23.1 Å². The highest BCUT2D eigenvalue weighted by molar-refractivity contribution is 8.00. The van der Waals surface area contributed by atoms with E-state index in [1.807, 2.05) is 0 Å². The average Bonchev–Trinajstić information content (AvgIpc) is 2.29. The van der Waals surface area contributed by atoms with Crippen molar-refractivity contribution in [2.24, 2.45) is 0 Å². The summed E-state index contributed by atoms with van der Waals surface area (Å²) in [5, 5.41) is 0. The highest BCUT2D eigenvalue weighted by atomic mass is 35.5. The van der Waals surface area contributed by atoms with Gasteiger partial charge in [0.1, 0.15) is 0 Å². The molecular formula is C11H9Cl2F3OS. The smallest absolute Gasteiger partial charge is 0.298 e. The maximum absolute atomic E-state index is 12.5. The molecule has 1 aromatic carbocycles. The first-order valence-corrected chi connectivity index (χ1v) is 6.76. The van der Waals surface area contributed by atoms with Gasteiger partial charge in [0.05, 0.1) is 5.88 Å². The number of halogens is 5. The van der Waals surface area contributed by atoms with E-state index in [9.17, 15) is 18.0 Å². The van der Waals surface area contributed by atoms with E-state index in [0.29, 0.717) is 11.1 Å². The maximum atomic E-state index is 12.5. The molecule has 0 unspecified atom stereocenters. The van der Waals surface area contributed by atoms with Crippen LogP contribution in [0.2, 0.25) is 0 Å². The van der Waals surface area contributed by atoms with Crippen molar-refractivity contribution in [1.82, 2.24) is 0 Å². The van der Waals surface area contributed by atoms with Gasteiger partial charge in [-0.25, -0.2) is 0 Å². The predicted molar refractivity (Wildman–Crippen MR) is 67.3 cm³/mol. The average molecular weight is 317 g/mol. The molecular weight excluding hydrogens is 308 g/mol. The van der Waals surface area contributed by atoms with Gasteiger partial charge in [0.25, 0.3) is 0 Å². The van der Waals surface area contributed by atoms with Crippen molar-refractivity contribution in [3.05, 3.63) is 29.3 Å². The molecule has 0 saturated heterocycles. The van der Waals surface area contributed by atoms with E-state index < -0.39 is 5.51 Å². The lowest BCUT2D eigenvalue weighted by molar-refractivity contribution is -0.116. The number of Topliss-reactive ketones (excluding diaryl/α,β-unsaturated/α-hetero) is 1. The summed E-state index contributed by atoms with van der Waals surface area (Å²) >= 11 is 10.7. The molecule has 0 aliphatic heterocycles. The Morgan fingerprint density at radius 1 is 1.22 bits per heavy atom. The van der Waals surface area contributed by atoms with Crippen LogP contribution in [0.5, 0.6) is 0 Å². The van der Waals surface area contributed by atoms with Crippen molar-refractivity contribution >= 4 is 40.7 Å². The summed E-state index contributed by atoms with van der Waals surface area (Å²) in [5.41, 5.74) is -3.75. The number of alkyl halides is 5. The molecule has 0 amide bonds. The highest BCUT2D eigenvalue weighted by Crippen LogP contribution is 2.41. The Bertz CT molecular complexity index is 435. The predicted octanol–water partition coefficient (Wildman–Crippen LogP) is 4.39. The van der Waals surface area contributed by atoms with E-state index >= 15 is 0 Å². The topological polar surface area (TPSA) is 17.1 Å². The summed E-state index contributed by atoms with van der Waals surface area (Å²) in [6, 6.07) is 4.57. The van der Waals surface area contributed by atoms with Crippen molar-refractivity contribution in [2.45, 2.75) is 22.7 Å². The number of benzene rings is 1. The Labute approximate surface area is 117 Å². The Hall–Kier alpha value is -0.390. The summed E-state index contributed by atoms with van der Waals surface area (Å²) in [5.74, 6) is -0.588. The number of carbonyl (C=O) groups is 1. The van der Waals surface area contributed by atoms with Gasteiger partial charge in [-0.2, -0.15) is 13.2 Å². The molecule has 0 aliphatic carbocycles. The Balaban J connectivity index is 3.12. The second-order valence-corrected chi connectivity index (χ2v) is 5.05. The molecule has 0 spiro atoms. The molecule has 0 aliphatic rings. The normalized spacial score (nSPS) is 11.6. The maximum Gasteiger partial charge on any atom is 0.446 e. The van der Waals surface area contributed by atoms with Crippen LogP contribution in [0.25, 0.3) is 0 Å². The van der Waals surface area contributed by atoms with Crippen LogP contribution < -0.4 is 0 Å². The second-order valence-electron chi connectivity index (χ2n) is 3.44. The van der Waals surface area contributed by atoms with Gasteiger partial charge in [-0.1, -0.05) is 18.2 Å². The van der Waals surface area contributed by atoms with E-state index in [1.165, 1.54) is 12.1 Å². The van der Waals surface area contributed by atoms with Gasteiger partial charge in [0.15, 0.2) is 5.78 Å². The molecule has 0 aromatic heterocycles. The summed E-state index contributed by atoms with van der Waals surface area (Å²) in [6.07, 6.45) is -0.118. The number of thioether (sulfide) groups is 1. The van der Waals surface area contributed by atoms with Gasteiger partial charge in [-0.15, -0.1) is 23.2 Å². The van der Waals surface area contributed by atoms with Gasteiger partial charge in [-0.05, 0) is 22.9 Å². The third kappa shape index (κ3) is 4.71. The molecule has 100 valence electrons. The number of carbonyl (C=O) groups excluding carboxylic acids is 1. The van der Waals surface area contributed by atoms with Gasteiger partial charge in [-0.3, -0.25) is 4.79 Å². The van der Waals surface area contributed by atoms with E-state index in [2.05, 4.69) is 0 Å². The third-order valence-electron chi connectivity index (χ3n) is 2.08. The van der Waals surface area contributed by atoms with E-state index in [0.717, 1.165) is 0 Å². The molecule has 7 heteroatoms. The minimum absolute atomic E-state index is 0.00142. The first kappa shape index (κ1) is 15.7. The van der Waals surface area contributed by atoms with Gasteiger partial charge in [0.2, 0.25) is 0 Å². The molecule has 0 radical (unpaired) electrons. The van der Waals surface area contributed by atoms with E-state index in [4.69, 9.17) is 23.2 Å². The number of hydrogen-bond donors (Lipinski definition) is 0. The Morgan fingerprint density at radius 3 is 2.33 bits per heavy atom. The van der Waals surface area contributed by atoms with Crippen LogP contribution in [0.1, 0.15) is 11.1 Å². The molecule has 18 heavy (non-hydrogen) atoms. The summed E-state index contributed by atoms with van der Waals surface area (Å²) in [7, 11) is 0. The van der Waals surface area contributed by atoms with Crippen molar-refractivity contribution in [3.63, 3.8) is 0 Å². The van der Waals surface area contributed by atoms with Gasteiger partial charge < -0.3 is 0 Å². The fourth-order valence-corrected chi connectivity index (χ4v) is 2.56. The van der Waals surface area contributed by atoms with Crippen molar-refractivity contribution < 1.29 is 18.0 Å². The molecule has 0 bridgehead atoms. The fraction of sp³-hybridized carbons (Fsp3) is 0.364. The lowest BCUT2D eigenvalue weighted by Gasteiger charge is -2.14. The first-order chi connectivity index (χ1) is 8.37. The van der Waals surface area contributed by atoms with Crippen LogP contribution in [0.4, 0.5) is 13.2 Å². The standard InChI is InChI=1S/C11H9Cl2F3OS/c12-5-8-3-1-2-7(4-9(17)6-13)10(8)18-11(14,15)16/h1-3H,4-6H2. The monoisotopic (exact) mass is 316 g/mol. The van der Waals surface area contributed by atoms with E-state index in [1.54, 1.807) is 6.07 Å². The fourth-order valence-electron chi connectivity index (χ4n) is 1.39. The van der Waals surface area contributed by atoms with Crippen molar-refractivity contribution in [3.8, 4) is 0 Å². The van der Waals surface area contributed by atoms with Crippen LogP contribution in [0, 0.1) is 0 Å². The largest absolute Gasteiger partial charge is 0.446 e. The van der Waals surface area contributed by atoms with Crippen LogP contribution in [0.3, 0.4) is 0 Å². The zero-order chi connectivity index (χ0) is 13.8. The molecule has 0 saturated carbocycles. The van der Waals surface area contributed by atoms with Crippen LogP contribution >= 0.6 is 35.0 Å².